The molecule has 26 heavy (non-hydrogen) atoms. The van der Waals surface area contributed by atoms with Crippen molar-refractivity contribution >= 4 is 29.1 Å². The molecular weight excluding hydrogens is 334 g/mol. The summed E-state index contributed by atoms with van der Waals surface area (Å²) in [7, 11) is 0. The first-order valence-electron chi connectivity index (χ1n) is 8.34. The fraction of sp³-hybridized carbons (Fsp3) is 0.211. The van der Waals surface area contributed by atoms with Crippen molar-refractivity contribution in [1.82, 2.24) is 0 Å². The number of ether oxygens (including phenoxy) is 1. The highest BCUT2D eigenvalue weighted by Crippen LogP contribution is 2.23. The molecule has 1 fully saturated rings. The standard InChI is InChI=1S/C19H17N3O4/c23-18(17-12-16(21-26-17)13-5-2-1-3-6-13)20-14-7-4-8-15(11-14)22-9-10-25-19(22)24/h1-8,11,17H,9-10,12H2,(H,20,23). The van der Waals surface area contributed by atoms with Crippen LogP contribution in [0, 0.1) is 0 Å². The Morgan fingerprint density at radius 3 is 2.77 bits per heavy atom. The van der Waals surface area contributed by atoms with Crippen LogP contribution in [0.1, 0.15) is 12.0 Å². The van der Waals surface area contributed by atoms with Crippen LogP contribution in [0.4, 0.5) is 16.2 Å². The van der Waals surface area contributed by atoms with Crippen LogP contribution >= 0.6 is 0 Å². The first-order chi connectivity index (χ1) is 12.7. The average Bonchev–Trinajstić information content (AvgIpc) is 3.32. The summed E-state index contributed by atoms with van der Waals surface area (Å²) in [5.74, 6) is -0.277. The Balaban J connectivity index is 1.41. The molecule has 2 aliphatic rings. The van der Waals surface area contributed by atoms with Crippen LogP contribution in [-0.2, 0) is 14.4 Å². The molecule has 7 nitrogen and oxygen atoms in total. The van der Waals surface area contributed by atoms with Gasteiger partial charge in [-0.3, -0.25) is 9.69 Å². The number of cyclic esters (lactones) is 1. The lowest BCUT2D eigenvalue weighted by Gasteiger charge is -2.15. The van der Waals surface area contributed by atoms with Crippen LogP contribution in [0.5, 0.6) is 0 Å². The third-order valence-electron chi connectivity index (χ3n) is 4.25. The van der Waals surface area contributed by atoms with Crippen LogP contribution in [-0.4, -0.2) is 37.0 Å². The average molecular weight is 351 g/mol. The molecule has 1 saturated heterocycles. The first kappa shape index (κ1) is 16.1. The number of carbonyl (C=O) groups is 2. The van der Waals surface area contributed by atoms with E-state index in [0.717, 1.165) is 11.3 Å². The second-order valence-corrected chi connectivity index (χ2v) is 6.01. The monoisotopic (exact) mass is 351 g/mol. The van der Waals surface area contributed by atoms with E-state index in [2.05, 4.69) is 10.5 Å². The Labute approximate surface area is 150 Å². The first-order valence-corrected chi connectivity index (χ1v) is 8.34. The fourth-order valence-corrected chi connectivity index (χ4v) is 2.92. The van der Waals surface area contributed by atoms with Gasteiger partial charge in [-0.1, -0.05) is 41.6 Å². The molecule has 4 rings (SSSR count). The summed E-state index contributed by atoms with van der Waals surface area (Å²) in [4.78, 5) is 31.0. The van der Waals surface area contributed by atoms with Crippen molar-refractivity contribution in [2.24, 2.45) is 5.16 Å². The molecule has 7 heteroatoms. The Bertz CT molecular complexity index is 866. The van der Waals surface area contributed by atoms with Gasteiger partial charge in [-0.2, -0.15) is 0 Å². The molecule has 1 unspecified atom stereocenters. The fourth-order valence-electron chi connectivity index (χ4n) is 2.92. The summed E-state index contributed by atoms with van der Waals surface area (Å²) in [6, 6.07) is 16.7. The van der Waals surface area contributed by atoms with Crippen LogP contribution in [0.2, 0.25) is 0 Å². The molecule has 0 saturated carbocycles. The van der Waals surface area contributed by atoms with Gasteiger partial charge in [0.05, 0.1) is 12.3 Å². The zero-order valence-corrected chi connectivity index (χ0v) is 13.9. The lowest BCUT2D eigenvalue weighted by atomic mass is 10.0. The normalized spacial score (nSPS) is 18.9. The van der Waals surface area contributed by atoms with Gasteiger partial charge in [0.1, 0.15) is 6.61 Å². The number of hydrogen-bond acceptors (Lipinski definition) is 5. The molecule has 0 bridgehead atoms. The van der Waals surface area contributed by atoms with Crippen LogP contribution in [0.25, 0.3) is 0 Å². The second kappa shape index (κ2) is 6.87. The molecule has 0 radical (unpaired) electrons. The van der Waals surface area contributed by atoms with Crippen molar-refractivity contribution in [3.05, 3.63) is 60.2 Å². The maximum atomic E-state index is 12.5. The zero-order valence-electron chi connectivity index (χ0n) is 13.9. The third-order valence-corrected chi connectivity index (χ3v) is 4.25. The van der Waals surface area contributed by atoms with Crippen LogP contribution in [0.15, 0.2) is 59.8 Å². The van der Waals surface area contributed by atoms with Crippen LogP contribution < -0.4 is 10.2 Å². The number of oxime groups is 1. The van der Waals surface area contributed by atoms with Crippen molar-refractivity contribution in [3.8, 4) is 0 Å². The highest BCUT2D eigenvalue weighted by molar-refractivity contribution is 6.06. The maximum absolute atomic E-state index is 12.5. The highest BCUT2D eigenvalue weighted by atomic mass is 16.6. The van der Waals surface area contributed by atoms with E-state index >= 15 is 0 Å². The Morgan fingerprint density at radius 2 is 2.00 bits per heavy atom. The molecule has 0 aliphatic carbocycles. The number of hydrogen-bond donors (Lipinski definition) is 1. The smallest absolute Gasteiger partial charge is 0.414 e. The van der Waals surface area contributed by atoms with Gasteiger partial charge in [0, 0.05) is 17.8 Å². The van der Waals surface area contributed by atoms with E-state index in [-0.39, 0.29) is 12.0 Å². The molecule has 2 amide bonds. The Morgan fingerprint density at radius 1 is 1.15 bits per heavy atom. The summed E-state index contributed by atoms with van der Waals surface area (Å²) in [5.41, 5.74) is 2.96. The van der Waals surface area contributed by atoms with E-state index in [1.54, 1.807) is 24.3 Å². The van der Waals surface area contributed by atoms with E-state index in [9.17, 15) is 9.59 Å². The lowest BCUT2D eigenvalue weighted by Crippen LogP contribution is -2.28. The number of carbonyl (C=O) groups excluding carboxylic acids is 2. The van der Waals surface area contributed by atoms with E-state index < -0.39 is 6.10 Å². The molecule has 2 aromatic carbocycles. The van der Waals surface area contributed by atoms with Crippen molar-refractivity contribution in [2.45, 2.75) is 12.5 Å². The van der Waals surface area contributed by atoms with Crippen molar-refractivity contribution in [3.63, 3.8) is 0 Å². The number of nitrogens with one attached hydrogen (secondary N) is 1. The topological polar surface area (TPSA) is 80.2 Å². The molecule has 0 spiro atoms. The quantitative estimate of drug-likeness (QED) is 0.918. The SMILES string of the molecule is O=C(Nc1cccc(N2CCOC2=O)c1)C1CC(c2ccccc2)=NO1. The number of anilines is 2. The van der Waals surface area contributed by atoms with Gasteiger partial charge in [0.15, 0.2) is 0 Å². The van der Waals surface area contributed by atoms with E-state index in [1.807, 2.05) is 30.3 Å². The Kier molecular flexibility index (Phi) is 4.27. The number of rotatable bonds is 4. The summed E-state index contributed by atoms with van der Waals surface area (Å²) >= 11 is 0. The van der Waals surface area contributed by atoms with Crippen molar-refractivity contribution < 1.29 is 19.2 Å². The van der Waals surface area contributed by atoms with Gasteiger partial charge in [-0.25, -0.2) is 4.79 Å². The number of nitrogens with zero attached hydrogens (tertiary/aromatic N) is 2. The highest BCUT2D eigenvalue weighted by Gasteiger charge is 2.29. The van der Waals surface area contributed by atoms with E-state index in [0.29, 0.717) is 30.9 Å². The minimum absolute atomic E-state index is 0.277. The van der Waals surface area contributed by atoms with Gasteiger partial charge < -0.3 is 14.9 Å². The van der Waals surface area contributed by atoms with Gasteiger partial charge in [-0.15, -0.1) is 0 Å². The number of amides is 2. The van der Waals surface area contributed by atoms with Gasteiger partial charge >= 0.3 is 6.09 Å². The summed E-state index contributed by atoms with van der Waals surface area (Å²) < 4.78 is 4.94. The van der Waals surface area contributed by atoms with Crippen molar-refractivity contribution in [2.75, 3.05) is 23.4 Å². The van der Waals surface area contributed by atoms with Gasteiger partial charge in [0.25, 0.3) is 5.91 Å². The molecule has 0 aromatic heterocycles. The van der Waals surface area contributed by atoms with E-state index in [1.165, 1.54) is 4.90 Å². The molecular formula is C19H17N3O4. The molecule has 1 atom stereocenters. The largest absolute Gasteiger partial charge is 0.447 e. The maximum Gasteiger partial charge on any atom is 0.414 e. The summed E-state index contributed by atoms with van der Waals surface area (Å²) in [6.07, 6.45) is -0.646. The molecule has 2 aromatic rings. The predicted molar refractivity (Wildman–Crippen MR) is 96.2 cm³/mol. The molecule has 2 aliphatic heterocycles. The van der Waals surface area contributed by atoms with E-state index in [4.69, 9.17) is 9.57 Å². The Hall–Kier alpha value is -3.35. The minimum atomic E-state index is -0.675. The van der Waals surface area contributed by atoms with Gasteiger partial charge in [-0.05, 0) is 23.8 Å². The van der Waals surface area contributed by atoms with Crippen LogP contribution in [0.3, 0.4) is 0 Å². The molecule has 132 valence electrons. The van der Waals surface area contributed by atoms with Crippen molar-refractivity contribution in [1.29, 1.82) is 0 Å². The summed E-state index contributed by atoms with van der Waals surface area (Å²) in [5, 5.41) is 6.85. The molecule has 2 heterocycles. The predicted octanol–water partition coefficient (Wildman–Crippen LogP) is 2.77. The number of benzene rings is 2. The lowest BCUT2D eigenvalue weighted by molar-refractivity contribution is -0.125. The zero-order chi connectivity index (χ0) is 17.9. The van der Waals surface area contributed by atoms with Gasteiger partial charge in [0.2, 0.25) is 6.10 Å². The third kappa shape index (κ3) is 3.23. The minimum Gasteiger partial charge on any atom is -0.447 e. The molecule has 1 N–H and O–H groups in total. The second-order valence-electron chi connectivity index (χ2n) is 6.01. The summed E-state index contributed by atoms with van der Waals surface area (Å²) in [6.45, 7) is 0.862.